The third-order valence-electron chi connectivity index (χ3n) is 5.83. The van der Waals surface area contributed by atoms with E-state index in [1.54, 1.807) is 9.80 Å². The number of rotatable bonds is 2. The minimum atomic E-state index is -4.46. The van der Waals surface area contributed by atoms with E-state index in [0.717, 1.165) is 12.8 Å². The van der Waals surface area contributed by atoms with Gasteiger partial charge in [-0.3, -0.25) is 0 Å². The normalized spacial score (nSPS) is 23.3. The highest BCUT2D eigenvalue weighted by atomic mass is 32.1. The quantitative estimate of drug-likeness (QED) is 0.844. The zero-order valence-corrected chi connectivity index (χ0v) is 15.2. The fourth-order valence-electron chi connectivity index (χ4n) is 3.88. The number of alkyl halides is 3. The molecule has 3 aliphatic rings. The maximum absolute atomic E-state index is 12.6. The number of hydrogen-bond donors (Lipinski definition) is 1. The largest absolute Gasteiger partial charge is 0.445 e. The molecule has 0 radical (unpaired) electrons. The summed E-state index contributed by atoms with van der Waals surface area (Å²) in [4.78, 5) is 15.9. The molecule has 2 amide bonds. The molecule has 2 saturated carbocycles. The topological polar surface area (TPSA) is 61.4 Å². The Bertz CT molecular complexity index is 657. The van der Waals surface area contributed by atoms with Gasteiger partial charge in [-0.1, -0.05) is 11.3 Å². The molecule has 0 atom stereocenters. The molecule has 0 unspecified atom stereocenters. The Morgan fingerprint density at radius 2 is 1.73 bits per heavy atom. The number of aromatic nitrogens is 2. The summed E-state index contributed by atoms with van der Waals surface area (Å²) >= 11 is 0.550. The van der Waals surface area contributed by atoms with E-state index >= 15 is 0 Å². The summed E-state index contributed by atoms with van der Waals surface area (Å²) in [5, 5.41) is 9.32. The summed E-state index contributed by atoms with van der Waals surface area (Å²) < 4.78 is 37.9. The zero-order chi connectivity index (χ0) is 18.4. The molecule has 1 aliphatic heterocycles. The second kappa shape index (κ2) is 6.54. The first-order valence-corrected chi connectivity index (χ1v) is 9.87. The third kappa shape index (κ3) is 3.74. The van der Waals surface area contributed by atoms with Crippen molar-refractivity contribution in [3.8, 4) is 0 Å². The summed E-state index contributed by atoms with van der Waals surface area (Å²) in [7, 11) is 0. The Morgan fingerprint density at radius 1 is 1.08 bits per heavy atom. The minimum absolute atomic E-state index is 0.0605. The van der Waals surface area contributed by atoms with Gasteiger partial charge in [0.15, 0.2) is 0 Å². The smallest absolute Gasteiger partial charge is 0.343 e. The third-order valence-corrected chi connectivity index (χ3v) is 6.85. The molecule has 1 aromatic rings. The molecule has 4 rings (SSSR count). The van der Waals surface area contributed by atoms with Crippen LogP contribution in [0, 0.1) is 5.41 Å². The molecule has 10 heteroatoms. The van der Waals surface area contributed by atoms with Crippen molar-refractivity contribution in [1.82, 2.24) is 20.4 Å². The lowest BCUT2D eigenvalue weighted by Crippen LogP contribution is -2.54. The van der Waals surface area contributed by atoms with E-state index in [1.807, 2.05) is 0 Å². The van der Waals surface area contributed by atoms with Crippen LogP contribution in [-0.2, 0) is 6.18 Å². The molecule has 1 saturated heterocycles. The first-order valence-electron chi connectivity index (χ1n) is 9.06. The molecule has 1 N–H and O–H groups in total. The molecule has 0 bridgehead atoms. The van der Waals surface area contributed by atoms with Gasteiger partial charge in [-0.2, -0.15) is 13.2 Å². The van der Waals surface area contributed by atoms with Gasteiger partial charge in [0.1, 0.15) is 0 Å². The van der Waals surface area contributed by atoms with Crippen LogP contribution >= 0.6 is 11.3 Å². The van der Waals surface area contributed by atoms with Crippen molar-refractivity contribution in [3.05, 3.63) is 5.01 Å². The van der Waals surface area contributed by atoms with Crippen LogP contribution in [0.5, 0.6) is 0 Å². The number of urea groups is 1. The van der Waals surface area contributed by atoms with Crippen LogP contribution in [0.3, 0.4) is 0 Å². The average Bonchev–Trinajstić information content (AvgIpc) is 3.17. The lowest BCUT2D eigenvalue weighted by Gasteiger charge is -2.36. The van der Waals surface area contributed by atoms with Crippen LogP contribution < -0.4 is 10.2 Å². The molecule has 3 fully saturated rings. The summed E-state index contributed by atoms with van der Waals surface area (Å²) in [5.74, 6) is 0. The Balaban J connectivity index is 1.25. The van der Waals surface area contributed by atoms with Crippen molar-refractivity contribution < 1.29 is 18.0 Å². The van der Waals surface area contributed by atoms with Gasteiger partial charge in [0.25, 0.3) is 0 Å². The number of hydrogen-bond acceptors (Lipinski definition) is 5. The lowest BCUT2D eigenvalue weighted by molar-refractivity contribution is -0.138. The summed E-state index contributed by atoms with van der Waals surface area (Å²) in [6.07, 6.45) is 2.76. The molecular formula is C16H22F3N5OS. The Morgan fingerprint density at radius 3 is 2.27 bits per heavy atom. The molecule has 2 aliphatic carbocycles. The van der Waals surface area contributed by atoms with Crippen molar-refractivity contribution in [3.63, 3.8) is 0 Å². The number of nitrogens with one attached hydrogen (secondary N) is 1. The van der Waals surface area contributed by atoms with Crippen molar-refractivity contribution in [2.45, 2.75) is 50.7 Å². The Labute approximate surface area is 153 Å². The van der Waals surface area contributed by atoms with Gasteiger partial charge in [-0.25, -0.2) is 4.79 Å². The second-order valence-corrected chi connectivity index (χ2v) is 8.54. The summed E-state index contributed by atoms with van der Waals surface area (Å²) in [6.45, 7) is 1.88. The van der Waals surface area contributed by atoms with E-state index in [0.29, 0.717) is 42.9 Å². The van der Waals surface area contributed by atoms with Crippen molar-refractivity contribution in [1.29, 1.82) is 0 Å². The summed E-state index contributed by atoms with van der Waals surface area (Å²) in [5.41, 5.74) is 0.601. The number of nitrogens with zero attached hydrogens (tertiary/aromatic N) is 4. The van der Waals surface area contributed by atoms with Gasteiger partial charge in [-0.15, -0.1) is 10.2 Å². The average molecular weight is 389 g/mol. The molecular weight excluding hydrogens is 367 g/mol. The van der Waals surface area contributed by atoms with E-state index in [2.05, 4.69) is 15.5 Å². The van der Waals surface area contributed by atoms with E-state index in [1.165, 1.54) is 25.7 Å². The summed E-state index contributed by atoms with van der Waals surface area (Å²) in [6, 6.07) is 0.193. The van der Waals surface area contributed by atoms with Gasteiger partial charge in [0, 0.05) is 32.2 Å². The van der Waals surface area contributed by atoms with Gasteiger partial charge >= 0.3 is 12.2 Å². The fourth-order valence-corrected chi connectivity index (χ4v) is 4.64. The van der Waals surface area contributed by atoms with E-state index in [4.69, 9.17) is 0 Å². The molecule has 26 heavy (non-hydrogen) atoms. The first-order chi connectivity index (χ1) is 12.3. The Hall–Kier alpha value is -1.58. The van der Waals surface area contributed by atoms with Gasteiger partial charge in [-0.05, 0) is 43.9 Å². The fraction of sp³-hybridized carbons (Fsp3) is 0.812. The number of amides is 2. The maximum atomic E-state index is 12.6. The number of anilines is 1. The standard InChI is InChI=1S/C16H22F3N5OS/c17-16(18,19)12-21-22-14(26-12)24-9-7-23(8-10-24)13(25)20-11-1-3-15(4-2-11)5-6-15/h11H,1-10H2,(H,20,25). The lowest BCUT2D eigenvalue weighted by atomic mass is 9.83. The van der Waals surface area contributed by atoms with Crippen molar-refractivity contribution >= 4 is 22.5 Å². The van der Waals surface area contributed by atoms with Crippen LogP contribution in [-0.4, -0.2) is 53.3 Å². The number of halogens is 3. The van der Waals surface area contributed by atoms with Crippen LogP contribution in [0.1, 0.15) is 43.5 Å². The van der Waals surface area contributed by atoms with Gasteiger partial charge in [0.05, 0.1) is 0 Å². The van der Waals surface area contributed by atoms with Crippen LogP contribution in [0.15, 0.2) is 0 Å². The van der Waals surface area contributed by atoms with Gasteiger partial charge < -0.3 is 15.1 Å². The molecule has 2 heterocycles. The minimum Gasteiger partial charge on any atom is -0.343 e. The van der Waals surface area contributed by atoms with Crippen LogP contribution in [0.2, 0.25) is 0 Å². The van der Waals surface area contributed by atoms with Crippen LogP contribution in [0.4, 0.5) is 23.1 Å². The molecule has 144 valence electrons. The van der Waals surface area contributed by atoms with Crippen molar-refractivity contribution in [2.24, 2.45) is 5.41 Å². The van der Waals surface area contributed by atoms with E-state index in [9.17, 15) is 18.0 Å². The number of piperazine rings is 1. The number of carbonyl (C=O) groups excluding carboxylic acids is 1. The maximum Gasteiger partial charge on any atom is 0.445 e. The Kier molecular flexibility index (Phi) is 4.48. The van der Waals surface area contributed by atoms with Crippen molar-refractivity contribution in [2.75, 3.05) is 31.1 Å². The molecule has 1 spiro atoms. The van der Waals surface area contributed by atoms with E-state index in [-0.39, 0.29) is 17.2 Å². The SMILES string of the molecule is O=C(NC1CCC2(CC1)CC2)N1CCN(c2nnc(C(F)(F)F)s2)CC1. The highest BCUT2D eigenvalue weighted by Crippen LogP contribution is 2.56. The second-order valence-electron chi connectivity index (χ2n) is 7.59. The highest BCUT2D eigenvalue weighted by Gasteiger charge is 2.45. The van der Waals surface area contributed by atoms with Gasteiger partial charge in [0.2, 0.25) is 10.1 Å². The number of carbonyl (C=O) groups is 1. The predicted molar refractivity (Wildman–Crippen MR) is 91.2 cm³/mol. The van der Waals surface area contributed by atoms with Crippen LogP contribution in [0.25, 0.3) is 0 Å². The predicted octanol–water partition coefficient (Wildman–Crippen LogP) is 3.11. The molecule has 6 nitrogen and oxygen atoms in total. The molecule has 0 aromatic carbocycles. The molecule has 1 aromatic heterocycles. The van der Waals surface area contributed by atoms with E-state index < -0.39 is 11.2 Å². The zero-order valence-electron chi connectivity index (χ0n) is 14.4. The first kappa shape index (κ1) is 17.8. The monoisotopic (exact) mass is 389 g/mol. The highest BCUT2D eigenvalue weighted by molar-refractivity contribution is 7.15.